The molecule has 1 heterocycles. The first kappa shape index (κ1) is 17.3. The van der Waals surface area contributed by atoms with Crippen LogP contribution in [0.5, 0.6) is 17.2 Å². The summed E-state index contributed by atoms with van der Waals surface area (Å²) in [5, 5.41) is 11.0. The van der Waals surface area contributed by atoms with Crippen LogP contribution in [-0.2, 0) is 9.59 Å². The monoisotopic (exact) mass is 358 g/mol. The summed E-state index contributed by atoms with van der Waals surface area (Å²) >= 11 is 0. The van der Waals surface area contributed by atoms with E-state index in [1.54, 1.807) is 0 Å². The molecule has 8 heteroatoms. The van der Waals surface area contributed by atoms with Crippen LogP contribution in [0.15, 0.2) is 42.0 Å². The second-order valence-corrected chi connectivity index (χ2v) is 5.39. The number of hydrogen-bond donors (Lipinski definition) is 2. The number of anilines is 1. The summed E-state index contributed by atoms with van der Waals surface area (Å²) in [5.74, 6) is -1.56. The number of ether oxygens (including phenoxy) is 2. The second kappa shape index (κ2) is 6.75. The van der Waals surface area contributed by atoms with E-state index in [9.17, 15) is 19.1 Å². The third kappa shape index (κ3) is 3.04. The van der Waals surface area contributed by atoms with E-state index in [1.807, 2.05) is 0 Å². The molecular formula is C18H15FN2O5. The summed E-state index contributed by atoms with van der Waals surface area (Å²) in [7, 11) is 2.74. The minimum absolute atomic E-state index is 0.121. The zero-order valence-electron chi connectivity index (χ0n) is 13.9. The van der Waals surface area contributed by atoms with Crippen LogP contribution in [0.25, 0.3) is 6.08 Å². The quantitative estimate of drug-likeness (QED) is 0.645. The summed E-state index contributed by atoms with van der Waals surface area (Å²) in [6.07, 6.45) is 1.35. The van der Waals surface area contributed by atoms with Crippen molar-refractivity contribution < 1.29 is 28.6 Å². The van der Waals surface area contributed by atoms with Gasteiger partial charge in [-0.25, -0.2) is 9.40 Å². The van der Waals surface area contributed by atoms with E-state index in [0.717, 1.165) is 5.01 Å². The van der Waals surface area contributed by atoms with Crippen LogP contribution in [0.2, 0.25) is 0 Å². The van der Waals surface area contributed by atoms with Crippen molar-refractivity contribution in [2.24, 2.45) is 0 Å². The number of hydrogen-bond acceptors (Lipinski definition) is 5. The van der Waals surface area contributed by atoms with E-state index in [2.05, 4.69) is 5.43 Å². The molecule has 134 valence electrons. The van der Waals surface area contributed by atoms with E-state index in [1.165, 1.54) is 56.7 Å². The maximum Gasteiger partial charge on any atom is 0.282 e. The number of phenolic OH excluding ortho intramolecular Hbond substituents is 1. The Balaban J connectivity index is 1.97. The average Bonchev–Trinajstić information content (AvgIpc) is 2.91. The van der Waals surface area contributed by atoms with Crippen LogP contribution in [0.3, 0.4) is 0 Å². The van der Waals surface area contributed by atoms with Gasteiger partial charge < -0.3 is 14.6 Å². The van der Waals surface area contributed by atoms with Crippen LogP contribution >= 0.6 is 0 Å². The Hall–Kier alpha value is -3.55. The maximum absolute atomic E-state index is 13.0. The van der Waals surface area contributed by atoms with Crippen molar-refractivity contribution in [3.8, 4) is 17.2 Å². The number of rotatable bonds is 4. The fraction of sp³-hybridized carbons (Fsp3) is 0.111. The SMILES string of the molecule is COc1cc(/C=C2\C(=O)NN(c3ccc(F)cc3)C2=O)cc(OC)c1O. The Morgan fingerprint density at radius 3 is 2.19 bits per heavy atom. The van der Waals surface area contributed by atoms with Crippen LogP contribution in [0.4, 0.5) is 10.1 Å². The number of carbonyl (C=O) groups excluding carboxylic acids is 2. The summed E-state index contributed by atoms with van der Waals surface area (Å²) in [6.45, 7) is 0. The van der Waals surface area contributed by atoms with Gasteiger partial charge in [0.1, 0.15) is 11.4 Å². The summed E-state index contributed by atoms with van der Waals surface area (Å²) < 4.78 is 23.2. The molecule has 0 radical (unpaired) electrons. The van der Waals surface area contributed by atoms with E-state index in [0.29, 0.717) is 11.3 Å². The molecule has 2 N–H and O–H groups in total. The number of carbonyl (C=O) groups is 2. The molecule has 1 fully saturated rings. The molecule has 2 aromatic rings. The van der Waals surface area contributed by atoms with E-state index in [4.69, 9.17) is 9.47 Å². The predicted octanol–water partition coefficient (Wildman–Crippen LogP) is 2.01. The smallest absolute Gasteiger partial charge is 0.282 e. The van der Waals surface area contributed by atoms with Gasteiger partial charge in [0.15, 0.2) is 11.5 Å². The number of aromatic hydroxyl groups is 1. The largest absolute Gasteiger partial charge is 0.502 e. The lowest BCUT2D eigenvalue weighted by Gasteiger charge is -2.14. The van der Waals surface area contributed by atoms with Crippen molar-refractivity contribution >= 4 is 23.6 Å². The van der Waals surface area contributed by atoms with Crippen molar-refractivity contribution in [2.75, 3.05) is 19.2 Å². The molecule has 0 spiro atoms. The molecule has 2 amide bonds. The number of nitrogens with one attached hydrogen (secondary N) is 1. The highest BCUT2D eigenvalue weighted by molar-refractivity contribution is 6.31. The van der Waals surface area contributed by atoms with Gasteiger partial charge in [-0.2, -0.15) is 0 Å². The Bertz CT molecular complexity index is 883. The van der Waals surface area contributed by atoms with Gasteiger partial charge in [-0.15, -0.1) is 0 Å². The average molecular weight is 358 g/mol. The zero-order valence-corrected chi connectivity index (χ0v) is 13.9. The molecule has 3 rings (SSSR count). The first-order chi connectivity index (χ1) is 12.4. The molecule has 0 aromatic heterocycles. The highest BCUT2D eigenvalue weighted by Crippen LogP contribution is 2.38. The molecule has 0 aliphatic carbocycles. The fourth-order valence-electron chi connectivity index (χ4n) is 2.49. The Morgan fingerprint density at radius 1 is 1.08 bits per heavy atom. The van der Waals surface area contributed by atoms with Crippen LogP contribution in [0.1, 0.15) is 5.56 Å². The molecule has 0 atom stereocenters. The third-order valence-corrected chi connectivity index (χ3v) is 3.79. The van der Waals surface area contributed by atoms with Crippen LogP contribution < -0.4 is 19.9 Å². The standard InChI is InChI=1S/C18H15FN2O5/c1-25-14-8-10(9-15(26-2)16(14)22)7-13-17(23)20-21(18(13)24)12-5-3-11(19)4-6-12/h3-9,22H,1-2H3,(H,20,23)/b13-7+. The molecule has 0 saturated carbocycles. The predicted molar refractivity (Wildman–Crippen MR) is 91.2 cm³/mol. The number of benzene rings is 2. The molecule has 26 heavy (non-hydrogen) atoms. The first-order valence-electron chi connectivity index (χ1n) is 7.52. The van der Waals surface area contributed by atoms with Gasteiger partial charge in [0.2, 0.25) is 5.75 Å². The van der Waals surface area contributed by atoms with Crippen molar-refractivity contribution in [1.29, 1.82) is 0 Å². The summed E-state index contributed by atoms with van der Waals surface area (Å²) in [6, 6.07) is 8.06. The molecule has 7 nitrogen and oxygen atoms in total. The summed E-state index contributed by atoms with van der Waals surface area (Å²) in [5.41, 5.74) is 3.05. The number of halogens is 1. The van der Waals surface area contributed by atoms with Gasteiger partial charge in [-0.1, -0.05) is 0 Å². The molecule has 0 unspecified atom stereocenters. The number of nitrogens with zero attached hydrogens (tertiary/aromatic N) is 1. The normalized spacial score (nSPS) is 15.3. The molecule has 2 aromatic carbocycles. The van der Waals surface area contributed by atoms with E-state index >= 15 is 0 Å². The zero-order chi connectivity index (χ0) is 18.8. The molecule has 1 aliphatic heterocycles. The van der Waals surface area contributed by atoms with Gasteiger partial charge >= 0.3 is 0 Å². The lowest BCUT2D eigenvalue weighted by atomic mass is 10.1. The van der Waals surface area contributed by atoms with Crippen molar-refractivity contribution in [2.45, 2.75) is 0 Å². The molecule has 1 saturated heterocycles. The minimum Gasteiger partial charge on any atom is -0.502 e. The van der Waals surface area contributed by atoms with Crippen molar-refractivity contribution in [3.05, 3.63) is 53.4 Å². The summed E-state index contributed by atoms with van der Waals surface area (Å²) in [4.78, 5) is 24.7. The van der Waals surface area contributed by atoms with Gasteiger partial charge in [-0.3, -0.25) is 15.0 Å². The highest BCUT2D eigenvalue weighted by Gasteiger charge is 2.34. The van der Waals surface area contributed by atoms with Gasteiger partial charge in [0.25, 0.3) is 11.8 Å². The van der Waals surface area contributed by atoms with Crippen molar-refractivity contribution in [3.63, 3.8) is 0 Å². The topological polar surface area (TPSA) is 88.1 Å². The number of hydrazine groups is 1. The number of amides is 2. The second-order valence-electron chi connectivity index (χ2n) is 5.39. The maximum atomic E-state index is 13.0. The number of methoxy groups -OCH3 is 2. The number of phenols is 1. The molecule has 1 aliphatic rings. The molecular weight excluding hydrogens is 343 g/mol. The highest BCUT2D eigenvalue weighted by atomic mass is 19.1. The lowest BCUT2D eigenvalue weighted by molar-refractivity contribution is -0.117. The van der Waals surface area contributed by atoms with Crippen LogP contribution in [0, 0.1) is 5.82 Å². The Kier molecular flexibility index (Phi) is 4.49. The van der Waals surface area contributed by atoms with Crippen molar-refractivity contribution in [1.82, 2.24) is 5.43 Å². The molecule has 0 bridgehead atoms. The van der Waals surface area contributed by atoms with Gasteiger partial charge in [0.05, 0.1) is 19.9 Å². The van der Waals surface area contributed by atoms with Crippen LogP contribution in [-0.4, -0.2) is 31.1 Å². The fourth-order valence-corrected chi connectivity index (χ4v) is 2.49. The minimum atomic E-state index is -0.606. The van der Waals surface area contributed by atoms with Gasteiger partial charge in [-0.05, 0) is 48.0 Å². The Morgan fingerprint density at radius 2 is 1.65 bits per heavy atom. The van der Waals surface area contributed by atoms with Gasteiger partial charge in [0, 0.05) is 0 Å². The third-order valence-electron chi connectivity index (χ3n) is 3.79. The van der Waals surface area contributed by atoms with E-state index < -0.39 is 17.6 Å². The Labute approximate surface area is 148 Å². The first-order valence-corrected chi connectivity index (χ1v) is 7.52. The lowest BCUT2D eigenvalue weighted by Crippen LogP contribution is -2.35. The van der Waals surface area contributed by atoms with E-state index in [-0.39, 0.29) is 22.8 Å².